The summed E-state index contributed by atoms with van der Waals surface area (Å²) < 4.78 is 5.24. The zero-order valence-electron chi connectivity index (χ0n) is 11.3. The lowest BCUT2D eigenvalue weighted by Crippen LogP contribution is -2.07. The van der Waals surface area contributed by atoms with Gasteiger partial charge in [-0.15, -0.1) is 0 Å². The number of esters is 1. The summed E-state index contributed by atoms with van der Waals surface area (Å²) in [6, 6.07) is 3.81. The Labute approximate surface area is 104 Å². The van der Waals surface area contributed by atoms with Crippen molar-refractivity contribution < 1.29 is 9.53 Å². The van der Waals surface area contributed by atoms with Gasteiger partial charge in [0.25, 0.3) is 0 Å². The van der Waals surface area contributed by atoms with Crippen LogP contribution in [0, 0.1) is 20.8 Å². The molecule has 1 aromatic rings. The highest BCUT2D eigenvalue weighted by Crippen LogP contribution is 2.16. The van der Waals surface area contributed by atoms with Gasteiger partial charge in [-0.2, -0.15) is 0 Å². The molecule has 0 saturated heterocycles. The lowest BCUT2D eigenvalue weighted by atomic mass is 10.0. The summed E-state index contributed by atoms with van der Waals surface area (Å²) in [5.74, 6) is -0.202. The highest BCUT2D eigenvalue weighted by Gasteiger charge is 2.09. The molecule has 0 aliphatic carbocycles. The van der Waals surface area contributed by atoms with Gasteiger partial charge < -0.3 is 4.74 Å². The molecule has 1 aromatic carbocycles. The van der Waals surface area contributed by atoms with Crippen LogP contribution < -0.4 is 0 Å². The molecule has 0 saturated carbocycles. The number of hydrogen-bond acceptors (Lipinski definition) is 2. The molecule has 0 amide bonds. The van der Waals surface area contributed by atoms with Gasteiger partial charge in [-0.1, -0.05) is 19.8 Å². The van der Waals surface area contributed by atoms with Crippen LogP contribution in [-0.2, 0) is 4.74 Å². The molecular formula is C15H22O2. The van der Waals surface area contributed by atoms with Gasteiger partial charge >= 0.3 is 5.97 Å². The molecule has 0 bridgehead atoms. The Bertz CT molecular complexity index is 371. The molecule has 0 unspecified atom stereocenters. The number of benzene rings is 1. The fourth-order valence-corrected chi connectivity index (χ4v) is 1.75. The summed E-state index contributed by atoms with van der Waals surface area (Å²) in [6.07, 6.45) is 3.20. The van der Waals surface area contributed by atoms with Crippen LogP contribution in [0.3, 0.4) is 0 Å². The summed E-state index contributed by atoms with van der Waals surface area (Å²) in [4.78, 5) is 11.8. The van der Waals surface area contributed by atoms with Crippen LogP contribution in [0.5, 0.6) is 0 Å². The van der Waals surface area contributed by atoms with Crippen LogP contribution in [-0.4, -0.2) is 12.6 Å². The van der Waals surface area contributed by atoms with Gasteiger partial charge in [-0.25, -0.2) is 4.79 Å². The second kappa shape index (κ2) is 6.43. The molecule has 1 rings (SSSR count). The van der Waals surface area contributed by atoms with Gasteiger partial charge in [0.2, 0.25) is 0 Å². The molecule has 17 heavy (non-hydrogen) atoms. The van der Waals surface area contributed by atoms with Crippen LogP contribution in [0.15, 0.2) is 12.1 Å². The van der Waals surface area contributed by atoms with Gasteiger partial charge in [-0.05, 0) is 56.0 Å². The summed E-state index contributed by atoms with van der Waals surface area (Å²) >= 11 is 0. The maximum absolute atomic E-state index is 11.8. The first-order valence-electron chi connectivity index (χ1n) is 6.31. The summed E-state index contributed by atoms with van der Waals surface area (Å²) in [7, 11) is 0. The molecule has 0 heterocycles. The maximum Gasteiger partial charge on any atom is 0.338 e. The van der Waals surface area contributed by atoms with Crippen molar-refractivity contribution in [1.82, 2.24) is 0 Å². The van der Waals surface area contributed by atoms with Crippen molar-refractivity contribution in [2.24, 2.45) is 0 Å². The van der Waals surface area contributed by atoms with Crippen LogP contribution >= 0.6 is 0 Å². The van der Waals surface area contributed by atoms with Crippen molar-refractivity contribution in [2.45, 2.75) is 47.0 Å². The van der Waals surface area contributed by atoms with Crippen molar-refractivity contribution in [2.75, 3.05) is 6.61 Å². The zero-order chi connectivity index (χ0) is 12.8. The molecule has 0 aromatic heterocycles. The molecule has 0 radical (unpaired) electrons. The average molecular weight is 234 g/mol. The van der Waals surface area contributed by atoms with Gasteiger partial charge in [0.1, 0.15) is 0 Å². The van der Waals surface area contributed by atoms with E-state index in [4.69, 9.17) is 4.74 Å². The topological polar surface area (TPSA) is 26.3 Å². The Hall–Kier alpha value is -1.31. The Morgan fingerprint density at radius 2 is 1.71 bits per heavy atom. The van der Waals surface area contributed by atoms with Crippen LogP contribution in [0.1, 0.15) is 53.2 Å². The third-order valence-electron chi connectivity index (χ3n) is 3.14. The van der Waals surface area contributed by atoms with Gasteiger partial charge in [0, 0.05) is 0 Å². The van der Waals surface area contributed by atoms with E-state index in [1.54, 1.807) is 0 Å². The fourth-order valence-electron chi connectivity index (χ4n) is 1.75. The number of hydrogen-bond donors (Lipinski definition) is 0. The number of carbonyl (C=O) groups is 1. The smallest absolute Gasteiger partial charge is 0.338 e. The van der Waals surface area contributed by atoms with Crippen molar-refractivity contribution in [1.29, 1.82) is 0 Å². The molecular weight excluding hydrogens is 212 g/mol. The van der Waals surface area contributed by atoms with Crippen molar-refractivity contribution in [3.05, 3.63) is 34.4 Å². The quantitative estimate of drug-likeness (QED) is 0.569. The molecule has 0 spiro atoms. The van der Waals surface area contributed by atoms with Gasteiger partial charge in [0.05, 0.1) is 12.2 Å². The van der Waals surface area contributed by atoms with E-state index in [1.165, 1.54) is 5.56 Å². The van der Waals surface area contributed by atoms with E-state index in [2.05, 4.69) is 13.8 Å². The van der Waals surface area contributed by atoms with E-state index in [9.17, 15) is 4.79 Å². The van der Waals surface area contributed by atoms with Crippen molar-refractivity contribution in [3.8, 4) is 0 Å². The molecule has 0 aliphatic heterocycles. The Morgan fingerprint density at radius 1 is 1.12 bits per heavy atom. The second-order valence-corrected chi connectivity index (χ2v) is 4.58. The van der Waals surface area contributed by atoms with Crippen molar-refractivity contribution >= 4 is 5.97 Å². The normalized spacial score (nSPS) is 10.4. The number of aryl methyl sites for hydroxylation is 2. The van der Waals surface area contributed by atoms with Crippen LogP contribution in [0.2, 0.25) is 0 Å². The predicted octanol–water partition coefficient (Wildman–Crippen LogP) is 3.96. The maximum atomic E-state index is 11.8. The standard InChI is InChI=1S/C15H22O2/c1-5-6-7-8-17-15(16)14-9-11(2)13(4)12(3)10-14/h9-10H,5-8H2,1-4H3. The fraction of sp³-hybridized carbons (Fsp3) is 0.533. The predicted molar refractivity (Wildman–Crippen MR) is 70.5 cm³/mol. The van der Waals surface area contributed by atoms with E-state index < -0.39 is 0 Å². The molecule has 0 atom stereocenters. The Morgan fingerprint density at radius 3 is 2.24 bits per heavy atom. The van der Waals surface area contributed by atoms with Crippen LogP contribution in [0.4, 0.5) is 0 Å². The van der Waals surface area contributed by atoms with Gasteiger partial charge in [0.15, 0.2) is 0 Å². The lowest BCUT2D eigenvalue weighted by molar-refractivity contribution is 0.0498. The van der Waals surface area contributed by atoms with Gasteiger partial charge in [-0.3, -0.25) is 0 Å². The molecule has 0 aliphatic rings. The van der Waals surface area contributed by atoms with E-state index in [0.717, 1.165) is 30.4 Å². The summed E-state index contributed by atoms with van der Waals surface area (Å²) in [5, 5.41) is 0. The number of unbranched alkanes of at least 4 members (excludes halogenated alkanes) is 2. The Balaban J connectivity index is 2.63. The van der Waals surface area contributed by atoms with E-state index >= 15 is 0 Å². The van der Waals surface area contributed by atoms with E-state index in [1.807, 2.05) is 26.0 Å². The SMILES string of the molecule is CCCCCOC(=O)c1cc(C)c(C)c(C)c1. The van der Waals surface area contributed by atoms with Crippen LogP contribution in [0.25, 0.3) is 0 Å². The second-order valence-electron chi connectivity index (χ2n) is 4.58. The molecule has 2 heteroatoms. The number of carbonyl (C=O) groups excluding carboxylic acids is 1. The third kappa shape index (κ3) is 3.88. The molecule has 94 valence electrons. The first-order valence-corrected chi connectivity index (χ1v) is 6.31. The zero-order valence-corrected chi connectivity index (χ0v) is 11.3. The first-order chi connectivity index (χ1) is 8.06. The minimum absolute atomic E-state index is 0.202. The lowest BCUT2D eigenvalue weighted by Gasteiger charge is -2.09. The minimum atomic E-state index is -0.202. The summed E-state index contributed by atoms with van der Waals surface area (Å²) in [5.41, 5.74) is 4.20. The first kappa shape index (κ1) is 13.8. The number of rotatable bonds is 5. The average Bonchev–Trinajstić information content (AvgIpc) is 2.30. The molecule has 0 fully saturated rings. The Kier molecular flexibility index (Phi) is 5.20. The highest BCUT2D eigenvalue weighted by molar-refractivity contribution is 5.90. The number of ether oxygens (including phenoxy) is 1. The van der Waals surface area contributed by atoms with E-state index in [0.29, 0.717) is 12.2 Å². The molecule has 0 N–H and O–H groups in total. The minimum Gasteiger partial charge on any atom is -0.462 e. The van der Waals surface area contributed by atoms with Crippen molar-refractivity contribution in [3.63, 3.8) is 0 Å². The largest absolute Gasteiger partial charge is 0.462 e. The highest BCUT2D eigenvalue weighted by atomic mass is 16.5. The summed E-state index contributed by atoms with van der Waals surface area (Å²) in [6.45, 7) is 8.78. The third-order valence-corrected chi connectivity index (χ3v) is 3.14. The molecule has 2 nitrogen and oxygen atoms in total. The monoisotopic (exact) mass is 234 g/mol. The van der Waals surface area contributed by atoms with E-state index in [-0.39, 0.29) is 5.97 Å².